The molecular weight excluding hydrogens is 460 g/mol. The van der Waals surface area contributed by atoms with Crippen LogP contribution in [0.15, 0.2) is 47.4 Å². The Morgan fingerprint density at radius 1 is 1.06 bits per heavy atom. The van der Waals surface area contributed by atoms with Gasteiger partial charge in [-0.1, -0.05) is 43.7 Å². The Bertz CT molecular complexity index is 1030. The maximum absolute atomic E-state index is 13.0. The molecule has 0 heterocycles. The van der Waals surface area contributed by atoms with Crippen LogP contribution in [-0.2, 0) is 16.6 Å². The highest BCUT2D eigenvalue weighted by molar-refractivity contribution is 7.89. The molecule has 33 heavy (non-hydrogen) atoms. The zero-order valence-electron chi connectivity index (χ0n) is 19.3. The second-order valence-electron chi connectivity index (χ2n) is 8.49. The smallest absolute Gasteiger partial charge is 0.251 e. The van der Waals surface area contributed by atoms with Crippen LogP contribution in [0.3, 0.4) is 0 Å². The summed E-state index contributed by atoms with van der Waals surface area (Å²) in [5, 5.41) is 3.64. The summed E-state index contributed by atoms with van der Waals surface area (Å²) in [7, 11) is -2.22. The minimum absolute atomic E-state index is 0.0742. The van der Waals surface area contributed by atoms with Crippen molar-refractivity contribution in [2.45, 2.75) is 69.4 Å². The Kier molecular flexibility index (Phi) is 9.18. The fourth-order valence-electron chi connectivity index (χ4n) is 4.12. The number of nitrogens with one attached hydrogen (secondary N) is 1. The predicted octanol–water partition coefficient (Wildman–Crippen LogP) is 5.40. The molecule has 180 valence electrons. The van der Waals surface area contributed by atoms with Crippen LogP contribution in [0.1, 0.15) is 67.8 Å². The molecule has 0 radical (unpaired) electrons. The van der Waals surface area contributed by atoms with Crippen molar-refractivity contribution < 1.29 is 17.9 Å². The van der Waals surface area contributed by atoms with Crippen LogP contribution in [0, 0.1) is 0 Å². The van der Waals surface area contributed by atoms with E-state index in [1.807, 2.05) is 6.92 Å². The molecule has 0 unspecified atom stereocenters. The third-order valence-electron chi connectivity index (χ3n) is 5.98. The van der Waals surface area contributed by atoms with Crippen LogP contribution in [0.5, 0.6) is 5.75 Å². The number of amides is 1. The van der Waals surface area contributed by atoms with Gasteiger partial charge < -0.3 is 10.1 Å². The molecule has 0 aromatic heterocycles. The quantitative estimate of drug-likeness (QED) is 0.535. The van der Waals surface area contributed by atoms with Gasteiger partial charge in [-0.2, -0.15) is 4.31 Å². The Hall–Kier alpha value is -2.09. The molecule has 2 aromatic carbocycles. The van der Waals surface area contributed by atoms with Gasteiger partial charge in [-0.05, 0) is 62.2 Å². The normalized spacial score (nSPS) is 15.6. The van der Waals surface area contributed by atoms with Crippen LogP contribution in [0.25, 0.3) is 0 Å². The summed E-state index contributed by atoms with van der Waals surface area (Å²) >= 11 is 5.90. The van der Waals surface area contributed by atoms with E-state index in [-0.39, 0.29) is 23.4 Å². The van der Waals surface area contributed by atoms with Gasteiger partial charge in [-0.25, -0.2) is 8.42 Å². The van der Waals surface area contributed by atoms with Gasteiger partial charge in [-0.3, -0.25) is 4.79 Å². The molecule has 0 bridgehead atoms. The van der Waals surface area contributed by atoms with Crippen LogP contribution < -0.4 is 10.1 Å². The van der Waals surface area contributed by atoms with Crippen molar-refractivity contribution in [1.82, 2.24) is 9.62 Å². The first-order chi connectivity index (χ1) is 15.8. The highest BCUT2D eigenvalue weighted by Gasteiger charge is 2.23. The standard InChI is InChI=1S/C25H33ClN2O4S/c1-3-32-24-16-11-19(25(29)27-22-9-7-5-4-6-8-10-22)17-20(24)18-28(2)33(30,31)23-14-12-21(26)13-15-23/h11-17,22H,3-10,18H2,1-2H3,(H,27,29). The molecule has 1 aliphatic carbocycles. The molecular formula is C25H33ClN2O4S. The van der Waals surface area contributed by atoms with Crippen LogP contribution in [0.4, 0.5) is 0 Å². The molecule has 2 aromatic rings. The third kappa shape index (κ3) is 6.95. The number of halogens is 1. The van der Waals surface area contributed by atoms with E-state index < -0.39 is 10.0 Å². The first-order valence-corrected chi connectivity index (χ1v) is 13.4. The number of benzene rings is 2. The minimum Gasteiger partial charge on any atom is -0.494 e. The average Bonchev–Trinajstić information content (AvgIpc) is 2.77. The summed E-state index contributed by atoms with van der Waals surface area (Å²) in [6.45, 7) is 2.38. The second-order valence-corrected chi connectivity index (χ2v) is 11.0. The number of carbonyl (C=O) groups excluding carboxylic acids is 1. The molecule has 3 rings (SSSR count). The lowest BCUT2D eigenvalue weighted by Crippen LogP contribution is -2.35. The second kappa shape index (κ2) is 11.9. The molecule has 0 aliphatic heterocycles. The van der Waals surface area contributed by atoms with Gasteiger partial charge in [0.1, 0.15) is 5.75 Å². The van der Waals surface area contributed by atoms with Gasteiger partial charge in [-0.15, -0.1) is 0 Å². The average molecular weight is 493 g/mol. The number of sulfonamides is 1. The predicted molar refractivity (Wildman–Crippen MR) is 131 cm³/mol. The Labute approximate surface area is 202 Å². The molecule has 0 atom stereocenters. The summed E-state index contributed by atoms with van der Waals surface area (Å²) in [4.78, 5) is 13.1. The zero-order chi connectivity index (χ0) is 23.8. The highest BCUT2D eigenvalue weighted by atomic mass is 35.5. The first-order valence-electron chi connectivity index (χ1n) is 11.6. The topological polar surface area (TPSA) is 75.7 Å². The summed E-state index contributed by atoms with van der Waals surface area (Å²) in [6.07, 6.45) is 7.96. The fraction of sp³-hybridized carbons (Fsp3) is 0.480. The van der Waals surface area contributed by atoms with Crippen molar-refractivity contribution in [2.75, 3.05) is 13.7 Å². The monoisotopic (exact) mass is 492 g/mol. The number of ether oxygens (including phenoxy) is 1. The number of hydrogen-bond acceptors (Lipinski definition) is 4. The van der Waals surface area contributed by atoms with E-state index in [1.54, 1.807) is 30.3 Å². The summed E-state index contributed by atoms with van der Waals surface area (Å²) in [6, 6.07) is 11.5. The van der Waals surface area contributed by atoms with Gasteiger partial charge in [0.15, 0.2) is 0 Å². The van der Waals surface area contributed by atoms with Gasteiger partial charge in [0.25, 0.3) is 5.91 Å². The van der Waals surface area contributed by atoms with E-state index in [0.29, 0.717) is 28.5 Å². The van der Waals surface area contributed by atoms with Crippen LogP contribution in [0.2, 0.25) is 5.02 Å². The molecule has 1 saturated carbocycles. The molecule has 1 amide bonds. The Morgan fingerprint density at radius 3 is 2.33 bits per heavy atom. The molecule has 8 heteroatoms. The van der Waals surface area contributed by atoms with Crippen LogP contribution in [-0.4, -0.2) is 38.3 Å². The number of carbonyl (C=O) groups is 1. The van der Waals surface area contributed by atoms with E-state index in [1.165, 1.54) is 42.7 Å². The van der Waals surface area contributed by atoms with E-state index in [2.05, 4.69) is 5.32 Å². The van der Waals surface area contributed by atoms with Gasteiger partial charge in [0.05, 0.1) is 11.5 Å². The maximum Gasteiger partial charge on any atom is 0.251 e. The number of rotatable bonds is 8. The molecule has 0 spiro atoms. The summed E-state index contributed by atoms with van der Waals surface area (Å²) in [5.41, 5.74) is 1.15. The lowest BCUT2D eigenvalue weighted by atomic mass is 9.96. The highest BCUT2D eigenvalue weighted by Crippen LogP contribution is 2.26. The molecule has 0 saturated heterocycles. The van der Waals surface area contributed by atoms with Gasteiger partial charge >= 0.3 is 0 Å². The van der Waals surface area contributed by atoms with Crippen molar-refractivity contribution in [1.29, 1.82) is 0 Å². The zero-order valence-corrected chi connectivity index (χ0v) is 20.9. The van der Waals surface area contributed by atoms with E-state index >= 15 is 0 Å². The first kappa shape index (κ1) is 25.5. The molecule has 6 nitrogen and oxygen atoms in total. The van der Waals surface area contributed by atoms with Gasteiger partial charge in [0, 0.05) is 35.8 Å². The Morgan fingerprint density at radius 2 is 1.70 bits per heavy atom. The van der Waals surface area contributed by atoms with E-state index in [4.69, 9.17) is 16.3 Å². The van der Waals surface area contributed by atoms with Crippen molar-refractivity contribution in [3.63, 3.8) is 0 Å². The lowest BCUT2D eigenvalue weighted by Gasteiger charge is -2.22. The van der Waals surface area contributed by atoms with Crippen molar-refractivity contribution in [3.8, 4) is 5.75 Å². The van der Waals surface area contributed by atoms with Gasteiger partial charge in [0.2, 0.25) is 10.0 Å². The number of nitrogens with zero attached hydrogens (tertiary/aromatic N) is 1. The minimum atomic E-state index is -3.73. The fourth-order valence-corrected chi connectivity index (χ4v) is 5.40. The third-order valence-corrected chi connectivity index (χ3v) is 8.05. The summed E-state index contributed by atoms with van der Waals surface area (Å²) in [5.74, 6) is 0.436. The largest absolute Gasteiger partial charge is 0.494 e. The van der Waals surface area contributed by atoms with Crippen LogP contribution >= 0.6 is 11.6 Å². The SMILES string of the molecule is CCOc1ccc(C(=O)NC2CCCCCCC2)cc1CN(C)S(=O)(=O)c1ccc(Cl)cc1. The van der Waals surface area contributed by atoms with Crippen molar-refractivity contribution >= 4 is 27.5 Å². The lowest BCUT2D eigenvalue weighted by molar-refractivity contribution is 0.0930. The molecule has 1 fully saturated rings. The van der Waals surface area contributed by atoms with E-state index in [9.17, 15) is 13.2 Å². The maximum atomic E-state index is 13.0. The summed E-state index contributed by atoms with van der Waals surface area (Å²) < 4.78 is 33.0. The van der Waals surface area contributed by atoms with Crippen molar-refractivity contribution in [3.05, 3.63) is 58.6 Å². The number of hydrogen-bond donors (Lipinski definition) is 1. The molecule has 1 aliphatic rings. The Balaban J connectivity index is 1.79. The van der Waals surface area contributed by atoms with Crippen molar-refractivity contribution in [2.24, 2.45) is 0 Å². The molecule has 1 N–H and O–H groups in total. The van der Waals surface area contributed by atoms with E-state index in [0.717, 1.165) is 25.7 Å².